The third-order valence-electron chi connectivity index (χ3n) is 3.15. The molecule has 0 atom stereocenters. The number of benzene rings is 1. The lowest BCUT2D eigenvalue weighted by molar-refractivity contribution is -0.118. The molecule has 2 heterocycles. The molecule has 1 amide bonds. The summed E-state index contributed by atoms with van der Waals surface area (Å²) in [6, 6.07) is 13.4. The predicted molar refractivity (Wildman–Crippen MR) is 91.4 cm³/mol. The molecule has 3 rings (SSSR count). The van der Waals surface area contributed by atoms with Crippen LogP contribution in [0.25, 0.3) is 11.0 Å². The number of pyridine rings is 1. The predicted octanol–water partition coefficient (Wildman–Crippen LogP) is 2.21. The molecule has 23 heavy (non-hydrogen) atoms. The van der Waals surface area contributed by atoms with Crippen LogP contribution in [-0.2, 0) is 11.8 Å². The Labute approximate surface area is 137 Å². The lowest BCUT2D eigenvalue weighted by atomic mass is 10.3. The second-order valence-corrected chi connectivity index (χ2v) is 5.72. The summed E-state index contributed by atoms with van der Waals surface area (Å²) in [5.74, 6) is 0.0609. The number of carbonyl (C=O) groups excluding carboxylic acids is 1. The molecule has 0 bridgehead atoms. The molecule has 1 aromatic carbocycles. The summed E-state index contributed by atoms with van der Waals surface area (Å²) < 4.78 is 1.98. The Bertz CT molecular complexity index is 844. The fourth-order valence-electron chi connectivity index (χ4n) is 2.04. The minimum absolute atomic E-state index is 0.186. The fourth-order valence-corrected chi connectivity index (χ4v) is 2.82. The van der Waals surface area contributed by atoms with Gasteiger partial charge in [-0.15, -0.1) is 0 Å². The number of nitrogens with zero attached hydrogens (tertiary/aromatic N) is 4. The van der Waals surface area contributed by atoms with Gasteiger partial charge in [0.2, 0.25) is 0 Å². The van der Waals surface area contributed by atoms with Crippen molar-refractivity contribution in [1.29, 1.82) is 0 Å². The van der Waals surface area contributed by atoms with Gasteiger partial charge in [-0.1, -0.05) is 30.0 Å². The Morgan fingerprint density at radius 2 is 2.13 bits per heavy atom. The molecule has 6 nitrogen and oxygen atoms in total. The fraction of sp³-hybridized carbons (Fsp3) is 0.125. The summed E-state index contributed by atoms with van der Waals surface area (Å²) in [5.41, 5.74) is 5.15. The average Bonchev–Trinajstić information content (AvgIpc) is 2.90. The van der Waals surface area contributed by atoms with Gasteiger partial charge in [0.05, 0.1) is 28.7 Å². The van der Waals surface area contributed by atoms with Gasteiger partial charge in [0.15, 0.2) is 5.16 Å². The lowest BCUT2D eigenvalue weighted by Gasteiger charge is -2.01. The Morgan fingerprint density at radius 1 is 1.30 bits per heavy atom. The number of para-hydroxylation sites is 2. The normalized spacial score (nSPS) is 11.2. The van der Waals surface area contributed by atoms with E-state index in [2.05, 4.69) is 20.5 Å². The molecule has 116 valence electrons. The number of aryl methyl sites for hydroxylation is 1. The van der Waals surface area contributed by atoms with E-state index in [1.165, 1.54) is 18.0 Å². The van der Waals surface area contributed by atoms with E-state index in [-0.39, 0.29) is 11.7 Å². The summed E-state index contributed by atoms with van der Waals surface area (Å²) in [6.45, 7) is 0. The topological polar surface area (TPSA) is 72.2 Å². The van der Waals surface area contributed by atoms with Crippen LogP contribution in [0.4, 0.5) is 0 Å². The van der Waals surface area contributed by atoms with E-state index >= 15 is 0 Å². The highest BCUT2D eigenvalue weighted by Gasteiger charge is 2.09. The Kier molecular flexibility index (Phi) is 4.68. The number of hydrogen-bond acceptors (Lipinski definition) is 5. The number of carbonyl (C=O) groups is 1. The zero-order chi connectivity index (χ0) is 16.1. The van der Waals surface area contributed by atoms with Gasteiger partial charge >= 0.3 is 0 Å². The summed E-state index contributed by atoms with van der Waals surface area (Å²) in [5, 5.41) is 4.69. The van der Waals surface area contributed by atoms with E-state index in [1.54, 1.807) is 6.20 Å². The molecule has 0 aliphatic carbocycles. The lowest BCUT2D eigenvalue weighted by Crippen LogP contribution is -2.20. The van der Waals surface area contributed by atoms with Crippen molar-refractivity contribution in [2.45, 2.75) is 5.16 Å². The number of rotatable bonds is 5. The molecular formula is C16H15N5OS. The number of nitrogens with one attached hydrogen (secondary N) is 1. The number of amides is 1. The second-order valence-electron chi connectivity index (χ2n) is 4.78. The molecule has 1 N–H and O–H groups in total. The van der Waals surface area contributed by atoms with E-state index in [9.17, 15) is 4.79 Å². The summed E-state index contributed by atoms with van der Waals surface area (Å²) in [6.07, 6.45) is 3.18. The number of hydrazone groups is 1. The molecule has 0 aliphatic heterocycles. The van der Waals surface area contributed by atoms with Crippen LogP contribution in [0.3, 0.4) is 0 Å². The first-order valence-electron chi connectivity index (χ1n) is 7.01. The quantitative estimate of drug-likeness (QED) is 0.443. The molecule has 0 aliphatic rings. The SMILES string of the molecule is Cn1c(SCC(=O)NN=Cc2ccccn2)nc2ccccc21. The molecule has 0 fully saturated rings. The maximum absolute atomic E-state index is 11.8. The van der Waals surface area contributed by atoms with E-state index in [0.717, 1.165) is 16.2 Å². The van der Waals surface area contributed by atoms with Crippen molar-refractivity contribution in [3.63, 3.8) is 0 Å². The molecule has 0 radical (unpaired) electrons. The van der Waals surface area contributed by atoms with Crippen molar-refractivity contribution >= 4 is 34.9 Å². The summed E-state index contributed by atoms with van der Waals surface area (Å²) in [7, 11) is 1.94. The Hall–Kier alpha value is -2.67. The van der Waals surface area contributed by atoms with Gasteiger partial charge in [0.25, 0.3) is 5.91 Å². The van der Waals surface area contributed by atoms with Gasteiger partial charge in [-0.05, 0) is 24.3 Å². The smallest absolute Gasteiger partial charge is 0.250 e. The highest BCUT2D eigenvalue weighted by molar-refractivity contribution is 7.99. The third-order valence-corrected chi connectivity index (χ3v) is 4.18. The molecule has 0 saturated carbocycles. The van der Waals surface area contributed by atoms with Gasteiger partial charge in [-0.2, -0.15) is 5.10 Å². The zero-order valence-corrected chi connectivity index (χ0v) is 13.3. The average molecular weight is 325 g/mol. The monoisotopic (exact) mass is 325 g/mol. The first-order chi connectivity index (χ1) is 11.2. The van der Waals surface area contributed by atoms with Crippen molar-refractivity contribution in [2.75, 3.05) is 5.75 Å². The summed E-state index contributed by atoms with van der Waals surface area (Å²) >= 11 is 1.38. The van der Waals surface area contributed by atoms with E-state index < -0.39 is 0 Å². The van der Waals surface area contributed by atoms with Gasteiger partial charge in [0.1, 0.15) is 0 Å². The largest absolute Gasteiger partial charge is 0.322 e. The van der Waals surface area contributed by atoms with Crippen LogP contribution < -0.4 is 5.43 Å². The molecule has 0 spiro atoms. The molecule has 2 aromatic heterocycles. The van der Waals surface area contributed by atoms with Crippen LogP contribution in [0.1, 0.15) is 5.69 Å². The van der Waals surface area contributed by atoms with Crippen LogP contribution in [-0.4, -0.2) is 32.4 Å². The minimum atomic E-state index is -0.186. The molecular weight excluding hydrogens is 310 g/mol. The van der Waals surface area contributed by atoms with Crippen molar-refractivity contribution in [1.82, 2.24) is 20.0 Å². The van der Waals surface area contributed by atoms with Crippen molar-refractivity contribution in [2.24, 2.45) is 12.1 Å². The first-order valence-corrected chi connectivity index (χ1v) is 8.00. The molecule has 0 unspecified atom stereocenters. The molecule has 7 heteroatoms. The maximum Gasteiger partial charge on any atom is 0.250 e. The third kappa shape index (κ3) is 3.75. The molecule has 3 aromatic rings. The van der Waals surface area contributed by atoms with Gasteiger partial charge in [-0.25, -0.2) is 10.4 Å². The van der Waals surface area contributed by atoms with Crippen LogP contribution in [0.5, 0.6) is 0 Å². The number of imidazole rings is 1. The first kappa shape index (κ1) is 15.2. The number of aromatic nitrogens is 3. The second kappa shape index (κ2) is 7.06. The van der Waals surface area contributed by atoms with Crippen molar-refractivity contribution in [3.8, 4) is 0 Å². The standard InChI is InChI=1S/C16H15N5OS/c1-21-14-8-3-2-7-13(14)19-16(21)23-11-15(22)20-18-10-12-6-4-5-9-17-12/h2-10H,11H2,1H3,(H,20,22). The Balaban J connectivity index is 1.56. The number of thioether (sulfide) groups is 1. The number of hydrogen-bond donors (Lipinski definition) is 1. The maximum atomic E-state index is 11.8. The van der Waals surface area contributed by atoms with E-state index in [4.69, 9.17) is 0 Å². The van der Waals surface area contributed by atoms with Gasteiger partial charge < -0.3 is 4.57 Å². The van der Waals surface area contributed by atoms with E-state index in [1.807, 2.05) is 54.1 Å². The van der Waals surface area contributed by atoms with Crippen molar-refractivity contribution < 1.29 is 4.79 Å². The van der Waals surface area contributed by atoms with Crippen LogP contribution in [0.15, 0.2) is 58.9 Å². The molecule has 0 saturated heterocycles. The minimum Gasteiger partial charge on any atom is -0.322 e. The summed E-state index contributed by atoms with van der Waals surface area (Å²) in [4.78, 5) is 20.4. The zero-order valence-electron chi connectivity index (χ0n) is 12.5. The van der Waals surface area contributed by atoms with Gasteiger partial charge in [-0.3, -0.25) is 9.78 Å². The highest BCUT2D eigenvalue weighted by Crippen LogP contribution is 2.22. The van der Waals surface area contributed by atoms with Crippen LogP contribution in [0.2, 0.25) is 0 Å². The van der Waals surface area contributed by atoms with Gasteiger partial charge in [0, 0.05) is 13.2 Å². The van der Waals surface area contributed by atoms with Crippen LogP contribution in [0, 0.1) is 0 Å². The number of fused-ring (bicyclic) bond motifs is 1. The Morgan fingerprint density at radius 3 is 2.91 bits per heavy atom. The highest BCUT2D eigenvalue weighted by atomic mass is 32.2. The van der Waals surface area contributed by atoms with E-state index in [0.29, 0.717) is 5.69 Å². The van der Waals surface area contributed by atoms with Crippen LogP contribution >= 0.6 is 11.8 Å². The van der Waals surface area contributed by atoms with Crippen molar-refractivity contribution in [3.05, 3.63) is 54.4 Å².